The molecule has 0 bridgehead atoms. The summed E-state index contributed by atoms with van der Waals surface area (Å²) in [5.74, 6) is 0.491. The minimum Gasteiger partial charge on any atom is -0.398 e. The monoisotopic (exact) mass is 221 g/mol. The molecule has 1 saturated heterocycles. The molecule has 2 atom stereocenters. The molecule has 0 radical (unpaired) electrons. The zero-order valence-electron chi connectivity index (χ0n) is 9.65. The molecule has 0 aromatic carbocycles. The fraction of sp³-hybridized carbons (Fsp3) is 0.583. The van der Waals surface area contributed by atoms with Gasteiger partial charge in [0.15, 0.2) is 0 Å². The fourth-order valence-corrected chi connectivity index (χ4v) is 2.35. The fourth-order valence-electron chi connectivity index (χ4n) is 2.35. The van der Waals surface area contributed by atoms with Gasteiger partial charge in [0, 0.05) is 42.2 Å². The van der Waals surface area contributed by atoms with E-state index in [-0.39, 0.29) is 6.04 Å². The van der Waals surface area contributed by atoms with Crippen LogP contribution in [0.4, 0.5) is 5.69 Å². The Kier molecular flexibility index (Phi) is 3.74. The van der Waals surface area contributed by atoms with Crippen LogP contribution >= 0.6 is 0 Å². The first-order valence-corrected chi connectivity index (χ1v) is 5.77. The molecule has 16 heavy (non-hydrogen) atoms. The van der Waals surface area contributed by atoms with Crippen LogP contribution in [-0.4, -0.2) is 25.2 Å². The molecule has 2 heterocycles. The van der Waals surface area contributed by atoms with Gasteiger partial charge in [-0.25, -0.2) is 0 Å². The van der Waals surface area contributed by atoms with Crippen LogP contribution in [0.1, 0.15) is 24.4 Å². The topological polar surface area (TPSA) is 60.2 Å². The zero-order chi connectivity index (χ0) is 11.4. The van der Waals surface area contributed by atoms with Crippen LogP contribution in [0.5, 0.6) is 0 Å². The van der Waals surface area contributed by atoms with Gasteiger partial charge >= 0.3 is 0 Å². The van der Waals surface area contributed by atoms with Crippen molar-refractivity contribution >= 4 is 5.69 Å². The zero-order valence-corrected chi connectivity index (χ0v) is 9.65. The molecule has 1 aliphatic rings. The Morgan fingerprint density at radius 2 is 2.50 bits per heavy atom. The number of anilines is 1. The van der Waals surface area contributed by atoms with E-state index in [0.717, 1.165) is 30.9 Å². The van der Waals surface area contributed by atoms with Crippen molar-refractivity contribution in [2.75, 3.05) is 26.0 Å². The van der Waals surface area contributed by atoms with E-state index >= 15 is 0 Å². The number of aromatic nitrogens is 1. The van der Waals surface area contributed by atoms with Crippen LogP contribution in [0.3, 0.4) is 0 Å². The van der Waals surface area contributed by atoms with Crippen LogP contribution < -0.4 is 11.1 Å². The Labute approximate surface area is 96.2 Å². The quantitative estimate of drug-likeness (QED) is 0.809. The maximum absolute atomic E-state index is 5.98. The predicted molar refractivity (Wildman–Crippen MR) is 64.0 cm³/mol. The van der Waals surface area contributed by atoms with E-state index in [9.17, 15) is 0 Å². The molecule has 88 valence electrons. The molecule has 1 aromatic heterocycles. The molecular weight excluding hydrogens is 202 g/mol. The van der Waals surface area contributed by atoms with Crippen LogP contribution in [0.25, 0.3) is 0 Å². The van der Waals surface area contributed by atoms with Gasteiger partial charge in [-0.3, -0.25) is 4.98 Å². The number of rotatable bonds is 3. The largest absolute Gasteiger partial charge is 0.398 e. The molecular formula is C12H19N3O. The molecule has 0 spiro atoms. The highest BCUT2D eigenvalue weighted by molar-refractivity contribution is 5.46. The lowest BCUT2D eigenvalue weighted by Gasteiger charge is -2.30. The Morgan fingerprint density at radius 1 is 1.62 bits per heavy atom. The minimum atomic E-state index is 0.244. The molecule has 0 aliphatic carbocycles. The van der Waals surface area contributed by atoms with Crippen molar-refractivity contribution in [3.05, 3.63) is 24.0 Å². The van der Waals surface area contributed by atoms with Crippen molar-refractivity contribution in [1.82, 2.24) is 10.3 Å². The molecule has 2 unspecified atom stereocenters. The van der Waals surface area contributed by atoms with Crippen molar-refractivity contribution in [2.24, 2.45) is 5.92 Å². The average molecular weight is 221 g/mol. The Balaban J connectivity index is 2.18. The second kappa shape index (κ2) is 5.27. The van der Waals surface area contributed by atoms with Crippen LogP contribution in [-0.2, 0) is 4.74 Å². The number of nitrogens with zero attached hydrogens (tertiary/aromatic N) is 1. The summed E-state index contributed by atoms with van der Waals surface area (Å²) in [5, 5.41) is 3.33. The van der Waals surface area contributed by atoms with Gasteiger partial charge in [-0.15, -0.1) is 0 Å². The molecule has 1 fully saturated rings. The van der Waals surface area contributed by atoms with E-state index in [1.54, 1.807) is 6.20 Å². The lowest BCUT2D eigenvalue weighted by molar-refractivity contribution is 0.0402. The lowest BCUT2D eigenvalue weighted by atomic mass is 9.89. The summed E-state index contributed by atoms with van der Waals surface area (Å²) in [6.45, 7) is 1.69. The van der Waals surface area contributed by atoms with E-state index in [4.69, 9.17) is 10.5 Å². The third-order valence-corrected chi connectivity index (χ3v) is 3.20. The summed E-state index contributed by atoms with van der Waals surface area (Å²) in [5.41, 5.74) is 7.87. The van der Waals surface area contributed by atoms with E-state index in [0.29, 0.717) is 5.92 Å². The highest BCUT2D eigenvalue weighted by atomic mass is 16.5. The first-order chi connectivity index (χ1) is 7.83. The molecule has 3 N–H and O–H groups in total. The molecule has 0 saturated carbocycles. The predicted octanol–water partition coefficient (Wildman–Crippen LogP) is 1.35. The number of hydrogen-bond donors (Lipinski definition) is 2. The van der Waals surface area contributed by atoms with Gasteiger partial charge in [0.1, 0.15) is 0 Å². The standard InChI is InChI=1S/C12H19N3O/c1-14-12(9-3-2-6-16-8-9)10-7-15-5-4-11(10)13/h4-5,7,9,12,14H,2-3,6,8H2,1H3,(H2,13,15). The third-order valence-electron chi connectivity index (χ3n) is 3.20. The Hall–Kier alpha value is -1.13. The van der Waals surface area contributed by atoms with Gasteiger partial charge in [-0.2, -0.15) is 0 Å². The molecule has 1 aromatic rings. The van der Waals surface area contributed by atoms with E-state index < -0.39 is 0 Å². The number of pyridine rings is 1. The number of nitrogen functional groups attached to an aromatic ring is 1. The second-order valence-electron chi connectivity index (χ2n) is 4.25. The maximum Gasteiger partial charge on any atom is 0.0512 e. The van der Waals surface area contributed by atoms with Crippen LogP contribution in [0.2, 0.25) is 0 Å². The van der Waals surface area contributed by atoms with E-state index in [1.807, 2.05) is 19.3 Å². The number of ether oxygens (including phenoxy) is 1. The summed E-state index contributed by atoms with van der Waals surface area (Å²) >= 11 is 0. The Bertz CT molecular complexity index is 337. The van der Waals surface area contributed by atoms with E-state index in [2.05, 4.69) is 10.3 Å². The number of hydrogen-bond acceptors (Lipinski definition) is 4. The smallest absolute Gasteiger partial charge is 0.0512 e. The molecule has 4 nitrogen and oxygen atoms in total. The normalized spacial score (nSPS) is 22.9. The number of nitrogens with one attached hydrogen (secondary N) is 1. The first-order valence-electron chi connectivity index (χ1n) is 5.77. The lowest BCUT2D eigenvalue weighted by Crippen LogP contribution is -2.32. The average Bonchev–Trinajstić information content (AvgIpc) is 2.34. The van der Waals surface area contributed by atoms with Crippen molar-refractivity contribution < 1.29 is 4.74 Å². The van der Waals surface area contributed by atoms with Crippen molar-refractivity contribution in [2.45, 2.75) is 18.9 Å². The van der Waals surface area contributed by atoms with Gasteiger partial charge in [-0.1, -0.05) is 0 Å². The van der Waals surface area contributed by atoms with Crippen molar-refractivity contribution in [1.29, 1.82) is 0 Å². The van der Waals surface area contributed by atoms with Gasteiger partial charge < -0.3 is 15.8 Å². The summed E-state index contributed by atoms with van der Waals surface area (Å²) in [7, 11) is 1.96. The highest BCUT2D eigenvalue weighted by Crippen LogP contribution is 2.30. The molecule has 1 aliphatic heterocycles. The van der Waals surface area contributed by atoms with Crippen molar-refractivity contribution in [3.63, 3.8) is 0 Å². The summed E-state index contributed by atoms with van der Waals surface area (Å²) in [6, 6.07) is 2.09. The summed E-state index contributed by atoms with van der Waals surface area (Å²) in [6.07, 6.45) is 5.89. The van der Waals surface area contributed by atoms with Crippen LogP contribution in [0.15, 0.2) is 18.5 Å². The Morgan fingerprint density at radius 3 is 3.12 bits per heavy atom. The highest BCUT2D eigenvalue weighted by Gasteiger charge is 2.25. The van der Waals surface area contributed by atoms with Crippen LogP contribution in [0, 0.1) is 5.92 Å². The molecule has 2 rings (SSSR count). The maximum atomic E-state index is 5.98. The first kappa shape index (κ1) is 11.4. The van der Waals surface area contributed by atoms with Gasteiger partial charge in [0.25, 0.3) is 0 Å². The number of nitrogens with two attached hydrogens (primary N) is 1. The molecule has 4 heteroatoms. The second-order valence-corrected chi connectivity index (χ2v) is 4.25. The van der Waals surface area contributed by atoms with Gasteiger partial charge in [0.2, 0.25) is 0 Å². The van der Waals surface area contributed by atoms with Gasteiger partial charge in [0.05, 0.1) is 6.61 Å². The minimum absolute atomic E-state index is 0.244. The van der Waals surface area contributed by atoms with Gasteiger partial charge in [-0.05, 0) is 26.0 Å². The summed E-state index contributed by atoms with van der Waals surface area (Å²) < 4.78 is 5.53. The van der Waals surface area contributed by atoms with E-state index in [1.165, 1.54) is 6.42 Å². The summed E-state index contributed by atoms with van der Waals surface area (Å²) in [4.78, 5) is 4.15. The van der Waals surface area contributed by atoms with Crippen molar-refractivity contribution in [3.8, 4) is 0 Å². The SMILES string of the molecule is CNC(c1cnccc1N)C1CCCOC1. The third kappa shape index (κ3) is 2.33. The molecule has 0 amide bonds.